The zero-order chi connectivity index (χ0) is 15.2. The van der Waals surface area contributed by atoms with E-state index in [0.717, 1.165) is 11.1 Å². The highest BCUT2D eigenvalue weighted by molar-refractivity contribution is 5.53. The van der Waals surface area contributed by atoms with Crippen molar-refractivity contribution in [3.63, 3.8) is 0 Å². The minimum Gasteiger partial charge on any atom is -0.496 e. The summed E-state index contributed by atoms with van der Waals surface area (Å²) in [6, 6.07) is 7.14. The molecule has 112 valence electrons. The van der Waals surface area contributed by atoms with Crippen molar-refractivity contribution >= 4 is 0 Å². The number of nitrogens with two attached hydrogens (primary N) is 1. The first-order chi connectivity index (χ1) is 10.2. The predicted molar refractivity (Wildman–Crippen MR) is 79.5 cm³/mol. The highest BCUT2D eigenvalue weighted by Crippen LogP contribution is 2.38. The molecular formula is C15H19N3O3. The van der Waals surface area contributed by atoms with Gasteiger partial charge >= 0.3 is 0 Å². The molecule has 0 aliphatic rings. The average Bonchev–Trinajstić information content (AvgIpc) is 2.56. The molecule has 0 fully saturated rings. The largest absolute Gasteiger partial charge is 0.496 e. The first kappa shape index (κ1) is 15.1. The lowest BCUT2D eigenvalue weighted by molar-refractivity contribution is 0.346. The zero-order valence-electron chi connectivity index (χ0n) is 12.3. The van der Waals surface area contributed by atoms with Crippen molar-refractivity contribution in [1.29, 1.82) is 0 Å². The number of aromatic nitrogens is 1. The third kappa shape index (κ3) is 3.07. The zero-order valence-corrected chi connectivity index (χ0v) is 12.3. The minimum absolute atomic E-state index is 0.270. The van der Waals surface area contributed by atoms with E-state index in [2.05, 4.69) is 10.4 Å². The number of rotatable bonds is 6. The van der Waals surface area contributed by atoms with Crippen LogP contribution in [-0.2, 0) is 0 Å². The Morgan fingerprint density at radius 1 is 1.05 bits per heavy atom. The SMILES string of the molecule is COc1cc(OC)c(C(NN)c2cccnc2)cc1OC. The van der Waals surface area contributed by atoms with Crippen molar-refractivity contribution in [2.24, 2.45) is 5.84 Å². The molecular weight excluding hydrogens is 270 g/mol. The Morgan fingerprint density at radius 2 is 1.71 bits per heavy atom. The number of nitrogens with one attached hydrogen (secondary N) is 1. The Labute approximate surface area is 123 Å². The Bertz CT molecular complexity index is 590. The fraction of sp³-hybridized carbons (Fsp3) is 0.267. The second kappa shape index (κ2) is 6.92. The smallest absolute Gasteiger partial charge is 0.164 e. The van der Waals surface area contributed by atoms with Crippen LogP contribution in [0.3, 0.4) is 0 Å². The van der Waals surface area contributed by atoms with Crippen LogP contribution in [-0.4, -0.2) is 26.3 Å². The molecule has 0 spiro atoms. The molecule has 1 aromatic carbocycles. The Kier molecular flexibility index (Phi) is 4.97. The van der Waals surface area contributed by atoms with Gasteiger partial charge in [-0.2, -0.15) is 0 Å². The molecule has 1 heterocycles. The molecule has 0 amide bonds. The van der Waals surface area contributed by atoms with Crippen molar-refractivity contribution in [3.05, 3.63) is 47.8 Å². The summed E-state index contributed by atoms with van der Waals surface area (Å²) < 4.78 is 16.1. The van der Waals surface area contributed by atoms with E-state index in [4.69, 9.17) is 20.1 Å². The maximum atomic E-state index is 5.72. The molecule has 0 aliphatic heterocycles. The molecule has 6 heteroatoms. The molecule has 1 atom stereocenters. The van der Waals surface area contributed by atoms with Crippen LogP contribution in [0.5, 0.6) is 17.2 Å². The molecule has 6 nitrogen and oxygen atoms in total. The number of hydrogen-bond acceptors (Lipinski definition) is 6. The molecule has 1 unspecified atom stereocenters. The van der Waals surface area contributed by atoms with Gasteiger partial charge in [0.25, 0.3) is 0 Å². The van der Waals surface area contributed by atoms with Gasteiger partial charge in [0.1, 0.15) is 5.75 Å². The van der Waals surface area contributed by atoms with Gasteiger partial charge in [-0.05, 0) is 17.7 Å². The maximum absolute atomic E-state index is 5.72. The summed E-state index contributed by atoms with van der Waals surface area (Å²) in [5.74, 6) is 7.58. The van der Waals surface area contributed by atoms with Crippen LogP contribution >= 0.6 is 0 Å². The van der Waals surface area contributed by atoms with E-state index in [-0.39, 0.29) is 6.04 Å². The van der Waals surface area contributed by atoms with Gasteiger partial charge in [-0.15, -0.1) is 0 Å². The lowest BCUT2D eigenvalue weighted by Crippen LogP contribution is -2.29. The summed E-state index contributed by atoms with van der Waals surface area (Å²) in [5, 5.41) is 0. The summed E-state index contributed by atoms with van der Waals surface area (Å²) in [6.07, 6.45) is 3.46. The predicted octanol–water partition coefficient (Wildman–Crippen LogP) is 1.66. The minimum atomic E-state index is -0.270. The van der Waals surface area contributed by atoms with Gasteiger partial charge in [-0.1, -0.05) is 6.07 Å². The van der Waals surface area contributed by atoms with Gasteiger partial charge in [0, 0.05) is 24.0 Å². The van der Waals surface area contributed by atoms with Crippen LogP contribution < -0.4 is 25.5 Å². The fourth-order valence-electron chi connectivity index (χ4n) is 2.19. The number of benzene rings is 1. The molecule has 0 radical (unpaired) electrons. The monoisotopic (exact) mass is 289 g/mol. The summed E-state index contributed by atoms with van der Waals surface area (Å²) in [6.45, 7) is 0. The van der Waals surface area contributed by atoms with Crippen LogP contribution in [0.1, 0.15) is 17.2 Å². The van der Waals surface area contributed by atoms with Crippen molar-refractivity contribution in [1.82, 2.24) is 10.4 Å². The molecule has 2 aromatic rings. The summed E-state index contributed by atoms with van der Waals surface area (Å²) in [4.78, 5) is 4.12. The van der Waals surface area contributed by atoms with Crippen LogP contribution in [0, 0.1) is 0 Å². The summed E-state index contributed by atoms with van der Waals surface area (Å²) in [7, 11) is 4.77. The number of pyridine rings is 1. The van der Waals surface area contributed by atoms with Gasteiger partial charge in [0.15, 0.2) is 11.5 Å². The Morgan fingerprint density at radius 3 is 2.24 bits per heavy atom. The summed E-state index contributed by atoms with van der Waals surface area (Å²) in [5.41, 5.74) is 4.54. The lowest BCUT2D eigenvalue weighted by atomic mass is 9.99. The van der Waals surface area contributed by atoms with Crippen LogP contribution in [0.2, 0.25) is 0 Å². The lowest BCUT2D eigenvalue weighted by Gasteiger charge is -2.21. The highest BCUT2D eigenvalue weighted by atomic mass is 16.5. The normalized spacial score (nSPS) is 11.8. The molecule has 2 rings (SSSR count). The third-order valence-corrected chi connectivity index (χ3v) is 3.23. The van der Waals surface area contributed by atoms with E-state index < -0.39 is 0 Å². The summed E-state index contributed by atoms with van der Waals surface area (Å²) >= 11 is 0. The standard InChI is InChI=1S/C15H19N3O3/c1-19-12-8-14(21-3)13(20-2)7-11(12)15(18-16)10-5-4-6-17-9-10/h4-9,15,18H,16H2,1-3H3. The number of hydrazine groups is 1. The first-order valence-corrected chi connectivity index (χ1v) is 6.41. The Hall–Kier alpha value is -2.31. The number of nitrogens with zero attached hydrogens (tertiary/aromatic N) is 1. The highest BCUT2D eigenvalue weighted by Gasteiger charge is 2.20. The number of methoxy groups -OCH3 is 3. The average molecular weight is 289 g/mol. The molecule has 0 saturated heterocycles. The van der Waals surface area contributed by atoms with Crippen molar-refractivity contribution in [2.75, 3.05) is 21.3 Å². The van der Waals surface area contributed by atoms with Crippen molar-refractivity contribution in [3.8, 4) is 17.2 Å². The molecule has 3 N–H and O–H groups in total. The molecule has 21 heavy (non-hydrogen) atoms. The van der Waals surface area contributed by atoms with Crippen LogP contribution in [0.4, 0.5) is 0 Å². The fourth-order valence-corrected chi connectivity index (χ4v) is 2.19. The van der Waals surface area contributed by atoms with Crippen LogP contribution in [0.25, 0.3) is 0 Å². The van der Waals surface area contributed by atoms with Gasteiger partial charge in [0.05, 0.1) is 27.4 Å². The molecule has 0 aliphatic carbocycles. The molecule has 0 saturated carbocycles. The molecule has 1 aromatic heterocycles. The van der Waals surface area contributed by atoms with Gasteiger partial charge in [-0.3, -0.25) is 10.8 Å². The topological polar surface area (TPSA) is 78.6 Å². The van der Waals surface area contributed by atoms with E-state index in [9.17, 15) is 0 Å². The van der Waals surface area contributed by atoms with E-state index in [1.54, 1.807) is 39.8 Å². The van der Waals surface area contributed by atoms with E-state index >= 15 is 0 Å². The second-order valence-corrected chi connectivity index (χ2v) is 4.34. The van der Waals surface area contributed by atoms with Gasteiger partial charge in [0.2, 0.25) is 0 Å². The van der Waals surface area contributed by atoms with Gasteiger partial charge in [-0.25, -0.2) is 5.43 Å². The number of hydrogen-bond donors (Lipinski definition) is 2. The number of ether oxygens (including phenoxy) is 3. The van der Waals surface area contributed by atoms with E-state index in [0.29, 0.717) is 17.2 Å². The molecule has 0 bridgehead atoms. The van der Waals surface area contributed by atoms with Crippen molar-refractivity contribution in [2.45, 2.75) is 6.04 Å². The second-order valence-electron chi connectivity index (χ2n) is 4.34. The van der Waals surface area contributed by atoms with Crippen molar-refractivity contribution < 1.29 is 14.2 Å². The third-order valence-electron chi connectivity index (χ3n) is 3.23. The quantitative estimate of drug-likeness (QED) is 0.622. The van der Waals surface area contributed by atoms with E-state index in [1.807, 2.05) is 18.2 Å². The van der Waals surface area contributed by atoms with E-state index in [1.165, 1.54) is 0 Å². The van der Waals surface area contributed by atoms with Crippen LogP contribution in [0.15, 0.2) is 36.7 Å². The maximum Gasteiger partial charge on any atom is 0.164 e. The van der Waals surface area contributed by atoms with Gasteiger partial charge < -0.3 is 14.2 Å². The Balaban J connectivity index is 2.54. The first-order valence-electron chi connectivity index (χ1n) is 6.41.